The van der Waals surface area contributed by atoms with E-state index < -0.39 is 0 Å². The molecule has 0 aliphatic carbocycles. The molecule has 0 aliphatic rings. The highest BCUT2D eigenvalue weighted by Crippen LogP contribution is 2.22. The summed E-state index contributed by atoms with van der Waals surface area (Å²) in [5, 5.41) is 4.76. The molecule has 1 atom stereocenters. The van der Waals surface area contributed by atoms with Crippen molar-refractivity contribution in [2.75, 3.05) is 6.54 Å². The van der Waals surface area contributed by atoms with Crippen LogP contribution in [-0.2, 0) is 12.8 Å². The first kappa shape index (κ1) is 16.3. The van der Waals surface area contributed by atoms with Crippen molar-refractivity contribution in [1.29, 1.82) is 0 Å². The fourth-order valence-corrected chi connectivity index (χ4v) is 2.81. The molecule has 1 unspecified atom stereocenters. The summed E-state index contributed by atoms with van der Waals surface area (Å²) < 4.78 is 13.4. The molecule has 0 aliphatic heterocycles. The van der Waals surface area contributed by atoms with Gasteiger partial charge >= 0.3 is 0 Å². The fourth-order valence-electron chi connectivity index (χ4n) is 2.40. The molecule has 1 nitrogen and oxygen atoms in total. The van der Waals surface area contributed by atoms with Crippen LogP contribution in [0.1, 0.15) is 18.1 Å². The van der Waals surface area contributed by atoms with Gasteiger partial charge in [0.15, 0.2) is 0 Å². The summed E-state index contributed by atoms with van der Waals surface area (Å²) in [6, 6.07) is 12.4. The van der Waals surface area contributed by atoms with Gasteiger partial charge in [-0.3, -0.25) is 0 Å². The molecule has 0 fully saturated rings. The number of rotatable bonds is 6. The van der Waals surface area contributed by atoms with Gasteiger partial charge in [-0.25, -0.2) is 4.39 Å². The van der Waals surface area contributed by atoms with Gasteiger partial charge < -0.3 is 5.32 Å². The van der Waals surface area contributed by atoms with Crippen molar-refractivity contribution in [2.45, 2.75) is 25.8 Å². The topological polar surface area (TPSA) is 12.0 Å². The predicted molar refractivity (Wildman–Crippen MR) is 87.7 cm³/mol. The zero-order valence-electron chi connectivity index (χ0n) is 11.9. The Labute approximate surface area is 135 Å². The lowest BCUT2D eigenvalue weighted by Crippen LogP contribution is -2.33. The third-order valence-corrected chi connectivity index (χ3v) is 4.13. The first-order valence-corrected chi connectivity index (χ1v) is 7.76. The molecule has 0 aromatic heterocycles. The second-order valence-corrected chi connectivity index (χ2v) is 5.80. The summed E-state index contributed by atoms with van der Waals surface area (Å²) in [6.07, 6.45) is 1.44. The summed E-state index contributed by atoms with van der Waals surface area (Å²) >= 11 is 12.4. The van der Waals surface area contributed by atoms with E-state index >= 15 is 0 Å². The summed E-state index contributed by atoms with van der Waals surface area (Å²) in [5.74, 6) is -0.262. The number of benzene rings is 2. The van der Waals surface area contributed by atoms with E-state index in [2.05, 4.69) is 5.32 Å². The molecule has 4 heteroatoms. The van der Waals surface area contributed by atoms with E-state index in [0.717, 1.165) is 29.1 Å². The quantitative estimate of drug-likeness (QED) is 0.796. The first-order valence-electron chi connectivity index (χ1n) is 7.01. The molecule has 0 spiro atoms. The molecule has 0 radical (unpaired) electrons. The van der Waals surface area contributed by atoms with Crippen LogP contribution in [0.3, 0.4) is 0 Å². The minimum absolute atomic E-state index is 0.161. The van der Waals surface area contributed by atoms with E-state index in [-0.39, 0.29) is 11.9 Å². The zero-order valence-corrected chi connectivity index (χ0v) is 13.4. The molecule has 112 valence electrons. The molecular weight excluding hydrogens is 308 g/mol. The smallest absolute Gasteiger partial charge is 0.123 e. The average Bonchev–Trinajstić information content (AvgIpc) is 2.45. The minimum Gasteiger partial charge on any atom is -0.314 e. The van der Waals surface area contributed by atoms with Crippen LogP contribution in [-0.4, -0.2) is 12.6 Å². The Morgan fingerprint density at radius 2 is 1.67 bits per heavy atom. The van der Waals surface area contributed by atoms with Crippen molar-refractivity contribution < 1.29 is 4.39 Å². The van der Waals surface area contributed by atoms with E-state index in [1.54, 1.807) is 6.07 Å². The van der Waals surface area contributed by atoms with Crippen molar-refractivity contribution in [3.05, 3.63) is 69.5 Å². The van der Waals surface area contributed by atoms with Crippen LogP contribution in [0.5, 0.6) is 0 Å². The summed E-state index contributed by atoms with van der Waals surface area (Å²) in [7, 11) is 0. The average molecular weight is 326 g/mol. The highest BCUT2D eigenvalue weighted by atomic mass is 35.5. The van der Waals surface area contributed by atoms with E-state index in [4.69, 9.17) is 23.2 Å². The second kappa shape index (κ2) is 7.79. The molecule has 2 rings (SSSR count). The number of likely N-dealkylation sites (N-methyl/N-ethyl adjacent to an activating group) is 1. The lowest BCUT2D eigenvalue weighted by Gasteiger charge is -2.19. The molecule has 2 aromatic carbocycles. The van der Waals surface area contributed by atoms with Gasteiger partial charge in [0.1, 0.15) is 5.82 Å². The third-order valence-electron chi connectivity index (χ3n) is 3.39. The molecule has 0 heterocycles. The number of nitrogens with one attached hydrogen (secondary N) is 1. The molecule has 0 bridgehead atoms. The van der Waals surface area contributed by atoms with Gasteiger partial charge in [-0.1, -0.05) is 48.3 Å². The van der Waals surface area contributed by atoms with Crippen LogP contribution in [0.25, 0.3) is 0 Å². The molecule has 1 N–H and O–H groups in total. The maximum Gasteiger partial charge on any atom is 0.123 e. The van der Waals surface area contributed by atoms with E-state index in [0.29, 0.717) is 11.4 Å². The molecule has 21 heavy (non-hydrogen) atoms. The number of hydrogen-bond donors (Lipinski definition) is 1. The van der Waals surface area contributed by atoms with Crippen molar-refractivity contribution in [3.63, 3.8) is 0 Å². The standard InChI is InChI=1S/C17H18Cl2FN/c1-2-21-15(10-12-5-3-4-6-16(12)18)11-13-9-14(20)7-8-17(13)19/h3-9,15,21H,2,10-11H2,1H3. The maximum atomic E-state index is 13.4. The van der Waals surface area contributed by atoms with Gasteiger partial charge in [0, 0.05) is 16.1 Å². The normalized spacial score (nSPS) is 12.4. The summed E-state index contributed by atoms with van der Waals surface area (Å²) in [5.41, 5.74) is 1.90. The van der Waals surface area contributed by atoms with Gasteiger partial charge in [-0.05, 0) is 54.8 Å². The number of halogens is 3. The van der Waals surface area contributed by atoms with Gasteiger partial charge in [0.2, 0.25) is 0 Å². The highest BCUT2D eigenvalue weighted by molar-refractivity contribution is 6.31. The Balaban J connectivity index is 2.16. The van der Waals surface area contributed by atoms with Crippen LogP contribution in [0.15, 0.2) is 42.5 Å². The van der Waals surface area contributed by atoms with Gasteiger partial charge in [-0.15, -0.1) is 0 Å². The Bertz CT molecular complexity index is 601. The van der Waals surface area contributed by atoms with E-state index in [1.807, 2.05) is 31.2 Å². The molecule has 0 saturated heterocycles. The van der Waals surface area contributed by atoms with Crippen LogP contribution in [0.4, 0.5) is 4.39 Å². The minimum atomic E-state index is -0.262. The van der Waals surface area contributed by atoms with Gasteiger partial charge in [0.05, 0.1) is 0 Å². The maximum absolute atomic E-state index is 13.4. The molecule has 2 aromatic rings. The second-order valence-electron chi connectivity index (χ2n) is 4.99. The van der Waals surface area contributed by atoms with Crippen molar-refractivity contribution in [2.24, 2.45) is 0 Å². The molecule has 0 saturated carbocycles. The van der Waals surface area contributed by atoms with Crippen molar-refractivity contribution in [3.8, 4) is 0 Å². The SMILES string of the molecule is CCNC(Cc1ccccc1Cl)Cc1cc(F)ccc1Cl. The Hall–Kier alpha value is -1.09. The third kappa shape index (κ3) is 4.70. The van der Waals surface area contributed by atoms with Crippen LogP contribution < -0.4 is 5.32 Å². The highest BCUT2D eigenvalue weighted by Gasteiger charge is 2.13. The predicted octanol–water partition coefficient (Wildman–Crippen LogP) is 4.90. The van der Waals surface area contributed by atoms with Gasteiger partial charge in [-0.2, -0.15) is 0 Å². The lowest BCUT2D eigenvalue weighted by atomic mass is 9.98. The van der Waals surface area contributed by atoms with Crippen molar-refractivity contribution in [1.82, 2.24) is 5.32 Å². The monoisotopic (exact) mass is 325 g/mol. The first-order chi connectivity index (χ1) is 10.1. The zero-order chi connectivity index (χ0) is 15.2. The number of hydrogen-bond acceptors (Lipinski definition) is 1. The van der Waals surface area contributed by atoms with Crippen LogP contribution in [0, 0.1) is 5.82 Å². The van der Waals surface area contributed by atoms with Crippen molar-refractivity contribution >= 4 is 23.2 Å². The summed E-state index contributed by atoms with van der Waals surface area (Å²) in [4.78, 5) is 0. The molecule has 0 amide bonds. The Morgan fingerprint density at radius 1 is 1.00 bits per heavy atom. The Morgan fingerprint density at radius 3 is 2.38 bits per heavy atom. The fraction of sp³-hybridized carbons (Fsp3) is 0.294. The van der Waals surface area contributed by atoms with E-state index in [9.17, 15) is 4.39 Å². The Kier molecular flexibility index (Phi) is 6.04. The summed E-state index contributed by atoms with van der Waals surface area (Å²) in [6.45, 7) is 2.88. The lowest BCUT2D eigenvalue weighted by molar-refractivity contribution is 0.519. The largest absolute Gasteiger partial charge is 0.314 e. The van der Waals surface area contributed by atoms with Crippen LogP contribution >= 0.6 is 23.2 Å². The van der Waals surface area contributed by atoms with Gasteiger partial charge in [0.25, 0.3) is 0 Å². The van der Waals surface area contributed by atoms with E-state index in [1.165, 1.54) is 12.1 Å². The molecular formula is C17H18Cl2FN. The van der Waals surface area contributed by atoms with Crippen LogP contribution in [0.2, 0.25) is 10.0 Å².